The van der Waals surface area contributed by atoms with Gasteiger partial charge in [0.15, 0.2) is 0 Å². The van der Waals surface area contributed by atoms with Crippen LogP contribution in [0.3, 0.4) is 0 Å². The van der Waals surface area contributed by atoms with Crippen molar-refractivity contribution in [2.24, 2.45) is 5.73 Å². The number of hydrogen-bond donors (Lipinski definition) is 1. The lowest BCUT2D eigenvalue weighted by atomic mass is 10.3. The van der Waals surface area contributed by atoms with E-state index in [-0.39, 0.29) is 0 Å². The van der Waals surface area contributed by atoms with E-state index in [0.29, 0.717) is 6.04 Å². The monoisotopic (exact) mass is 228 g/mol. The molecule has 0 aromatic carbocycles. The molecule has 0 aliphatic heterocycles. The summed E-state index contributed by atoms with van der Waals surface area (Å²) >= 11 is 1.88. The van der Waals surface area contributed by atoms with E-state index in [2.05, 4.69) is 17.0 Å². The third-order valence-corrected chi connectivity index (χ3v) is 3.07. The lowest BCUT2D eigenvalue weighted by Crippen LogP contribution is -2.15. The number of aromatic nitrogens is 3. The maximum atomic E-state index is 5.68. The molecule has 0 radical (unpaired) electrons. The van der Waals surface area contributed by atoms with Gasteiger partial charge in [-0.3, -0.25) is 0 Å². The molecule has 1 aromatic heterocycles. The Labute approximate surface area is 95.6 Å². The molecule has 0 fully saturated rings. The molecule has 0 aliphatic rings. The number of nitrogens with two attached hydrogens (primary N) is 1. The van der Waals surface area contributed by atoms with Crippen molar-refractivity contribution in [2.75, 3.05) is 5.75 Å². The van der Waals surface area contributed by atoms with Crippen LogP contribution in [0, 0.1) is 0 Å². The lowest BCUT2D eigenvalue weighted by molar-refractivity contribution is 0.581. The largest absolute Gasteiger partial charge is 0.328 e. The number of thioether (sulfide) groups is 1. The van der Waals surface area contributed by atoms with Gasteiger partial charge in [-0.2, -0.15) is 16.9 Å². The molecule has 0 aliphatic carbocycles. The Morgan fingerprint density at radius 3 is 3.07 bits per heavy atom. The SMILES string of the molecule is CCCn1ncnc1CSCCC(C)N. The van der Waals surface area contributed by atoms with E-state index in [1.54, 1.807) is 6.33 Å². The second kappa shape index (κ2) is 6.85. The predicted molar refractivity (Wildman–Crippen MR) is 64.7 cm³/mol. The van der Waals surface area contributed by atoms with Crippen LogP contribution in [0.4, 0.5) is 0 Å². The minimum Gasteiger partial charge on any atom is -0.328 e. The Morgan fingerprint density at radius 2 is 2.40 bits per heavy atom. The van der Waals surface area contributed by atoms with Crippen LogP contribution >= 0.6 is 11.8 Å². The van der Waals surface area contributed by atoms with E-state index in [1.165, 1.54) is 0 Å². The second-order valence-corrected chi connectivity index (χ2v) is 4.82. The first-order chi connectivity index (χ1) is 7.24. The van der Waals surface area contributed by atoms with Gasteiger partial charge in [0.1, 0.15) is 12.2 Å². The van der Waals surface area contributed by atoms with Crippen molar-refractivity contribution in [3.8, 4) is 0 Å². The van der Waals surface area contributed by atoms with E-state index in [0.717, 1.165) is 36.7 Å². The van der Waals surface area contributed by atoms with Crippen molar-refractivity contribution < 1.29 is 0 Å². The zero-order valence-electron chi connectivity index (χ0n) is 9.52. The van der Waals surface area contributed by atoms with E-state index in [1.807, 2.05) is 23.4 Å². The molecule has 2 N–H and O–H groups in total. The van der Waals surface area contributed by atoms with Crippen molar-refractivity contribution in [2.45, 2.75) is 45.0 Å². The van der Waals surface area contributed by atoms with Gasteiger partial charge in [0, 0.05) is 12.6 Å². The number of rotatable bonds is 7. The summed E-state index contributed by atoms with van der Waals surface area (Å²) in [5.74, 6) is 3.11. The lowest BCUT2D eigenvalue weighted by Gasteiger charge is -2.05. The minimum atomic E-state index is 0.297. The Balaban J connectivity index is 2.27. The fourth-order valence-electron chi connectivity index (χ4n) is 1.23. The highest BCUT2D eigenvalue weighted by molar-refractivity contribution is 7.98. The highest BCUT2D eigenvalue weighted by Crippen LogP contribution is 2.11. The molecular weight excluding hydrogens is 208 g/mol. The van der Waals surface area contributed by atoms with Gasteiger partial charge in [0.25, 0.3) is 0 Å². The van der Waals surface area contributed by atoms with Crippen LogP contribution in [-0.4, -0.2) is 26.6 Å². The molecule has 1 atom stereocenters. The highest BCUT2D eigenvalue weighted by atomic mass is 32.2. The first-order valence-electron chi connectivity index (χ1n) is 5.44. The summed E-state index contributed by atoms with van der Waals surface area (Å²) in [4.78, 5) is 4.25. The molecule has 86 valence electrons. The predicted octanol–water partition coefficient (Wildman–Crippen LogP) is 1.66. The maximum Gasteiger partial charge on any atom is 0.138 e. The Hall–Kier alpha value is -0.550. The Kier molecular flexibility index (Phi) is 5.71. The molecule has 1 heterocycles. The van der Waals surface area contributed by atoms with Gasteiger partial charge in [0.05, 0.1) is 5.75 Å². The molecule has 1 unspecified atom stereocenters. The summed E-state index contributed by atoms with van der Waals surface area (Å²) in [6, 6.07) is 0.297. The normalized spacial score (nSPS) is 13.0. The van der Waals surface area contributed by atoms with E-state index in [9.17, 15) is 0 Å². The van der Waals surface area contributed by atoms with E-state index >= 15 is 0 Å². The molecule has 4 nitrogen and oxygen atoms in total. The first-order valence-corrected chi connectivity index (χ1v) is 6.59. The number of nitrogens with zero attached hydrogens (tertiary/aromatic N) is 3. The van der Waals surface area contributed by atoms with Crippen molar-refractivity contribution in [1.82, 2.24) is 14.8 Å². The third kappa shape index (κ3) is 4.66. The smallest absolute Gasteiger partial charge is 0.138 e. The fourth-order valence-corrected chi connectivity index (χ4v) is 2.32. The Morgan fingerprint density at radius 1 is 1.60 bits per heavy atom. The van der Waals surface area contributed by atoms with Crippen LogP contribution in [-0.2, 0) is 12.3 Å². The van der Waals surface area contributed by atoms with Crippen LogP contribution in [0.15, 0.2) is 6.33 Å². The van der Waals surface area contributed by atoms with E-state index < -0.39 is 0 Å². The molecule has 1 aromatic rings. The van der Waals surface area contributed by atoms with Crippen molar-refractivity contribution in [3.05, 3.63) is 12.2 Å². The number of aryl methyl sites for hydroxylation is 1. The van der Waals surface area contributed by atoms with Crippen LogP contribution in [0.1, 0.15) is 32.5 Å². The molecule has 0 amide bonds. The van der Waals surface area contributed by atoms with Crippen molar-refractivity contribution >= 4 is 11.8 Å². The third-order valence-electron chi connectivity index (χ3n) is 2.08. The van der Waals surface area contributed by atoms with Crippen LogP contribution in [0.2, 0.25) is 0 Å². The van der Waals surface area contributed by atoms with Gasteiger partial charge in [-0.25, -0.2) is 9.67 Å². The van der Waals surface area contributed by atoms with Gasteiger partial charge in [-0.05, 0) is 25.5 Å². The van der Waals surface area contributed by atoms with Gasteiger partial charge in [0.2, 0.25) is 0 Å². The summed E-state index contributed by atoms with van der Waals surface area (Å²) in [7, 11) is 0. The van der Waals surface area contributed by atoms with Crippen LogP contribution in [0.25, 0.3) is 0 Å². The van der Waals surface area contributed by atoms with Crippen LogP contribution in [0.5, 0.6) is 0 Å². The molecular formula is C10H20N4S. The van der Waals surface area contributed by atoms with Crippen molar-refractivity contribution in [3.63, 3.8) is 0 Å². The zero-order valence-corrected chi connectivity index (χ0v) is 10.3. The molecule has 0 spiro atoms. The fraction of sp³-hybridized carbons (Fsp3) is 0.800. The van der Waals surface area contributed by atoms with Gasteiger partial charge in [-0.1, -0.05) is 6.92 Å². The summed E-state index contributed by atoms with van der Waals surface area (Å²) in [5, 5.41) is 4.19. The molecule has 15 heavy (non-hydrogen) atoms. The summed E-state index contributed by atoms with van der Waals surface area (Å²) in [5.41, 5.74) is 5.68. The average molecular weight is 228 g/mol. The maximum absolute atomic E-state index is 5.68. The molecule has 5 heteroatoms. The topological polar surface area (TPSA) is 56.7 Å². The minimum absolute atomic E-state index is 0.297. The zero-order chi connectivity index (χ0) is 11.1. The Bertz CT molecular complexity index is 272. The first kappa shape index (κ1) is 12.5. The average Bonchev–Trinajstić information content (AvgIpc) is 2.61. The highest BCUT2D eigenvalue weighted by Gasteiger charge is 2.03. The van der Waals surface area contributed by atoms with E-state index in [4.69, 9.17) is 5.73 Å². The quantitative estimate of drug-likeness (QED) is 0.721. The second-order valence-electron chi connectivity index (χ2n) is 3.72. The summed E-state index contributed by atoms with van der Waals surface area (Å²) < 4.78 is 1.98. The van der Waals surface area contributed by atoms with Gasteiger partial charge < -0.3 is 5.73 Å². The van der Waals surface area contributed by atoms with Crippen molar-refractivity contribution in [1.29, 1.82) is 0 Å². The van der Waals surface area contributed by atoms with Gasteiger partial charge in [-0.15, -0.1) is 0 Å². The summed E-state index contributed by atoms with van der Waals surface area (Å²) in [6.45, 7) is 5.15. The molecule has 0 saturated carbocycles. The van der Waals surface area contributed by atoms with Crippen LogP contribution < -0.4 is 5.73 Å². The molecule has 1 rings (SSSR count). The number of hydrogen-bond acceptors (Lipinski definition) is 4. The van der Waals surface area contributed by atoms with Gasteiger partial charge >= 0.3 is 0 Å². The standard InChI is InChI=1S/C10H20N4S/c1-3-5-14-10(12-8-13-14)7-15-6-4-9(2)11/h8-9H,3-7,11H2,1-2H3. The summed E-state index contributed by atoms with van der Waals surface area (Å²) in [6.07, 6.45) is 3.80. The molecule has 0 saturated heterocycles. The molecule has 0 bridgehead atoms.